The monoisotopic (exact) mass is 309 g/mol. The summed E-state index contributed by atoms with van der Waals surface area (Å²) in [5, 5.41) is 0. The zero-order chi connectivity index (χ0) is 13.1. The van der Waals surface area contributed by atoms with E-state index < -0.39 is 0 Å². The first-order chi connectivity index (χ1) is 8.56. The lowest BCUT2D eigenvalue weighted by atomic mass is 9.93. The maximum Gasteiger partial charge on any atom is 0.176 e. The molecule has 0 radical (unpaired) electrons. The molecule has 2 rings (SSSR count). The molecule has 0 amide bonds. The van der Waals surface area contributed by atoms with Crippen LogP contribution in [0.25, 0.3) is 0 Å². The summed E-state index contributed by atoms with van der Waals surface area (Å²) in [7, 11) is 0. The van der Waals surface area contributed by atoms with E-state index in [2.05, 4.69) is 34.7 Å². The number of rotatable bonds is 3. The number of hydrogen-bond acceptors (Lipinski definition) is 2. The average Bonchev–Trinajstić information content (AvgIpc) is 2.32. The summed E-state index contributed by atoms with van der Waals surface area (Å²) in [4.78, 5) is 14.5. The molecule has 0 saturated carbocycles. The van der Waals surface area contributed by atoms with Gasteiger partial charge in [0, 0.05) is 16.1 Å². The van der Waals surface area contributed by atoms with E-state index in [0.717, 1.165) is 22.5 Å². The van der Waals surface area contributed by atoms with Gasteiger partial charge in [-0.25, -0.2) is 0 Å². The van der Waals surface area contributed by atoms with Gasteiger partial charge in [-0.15, -0.1) is 0 Å². The van der Waals surface area contributed by atoms with Gasteiger partial charge in [-0.3, -0.25) is 9.69 Å². The van der Waals surface area contributed by atoms with Gasteiger partial charge >= 0.3 is 0 Å². The maximum absolute atomic E-state index is 12.2. The molecule has 1 aromatic carbocycles. The fraction of sp³-hybridized carbons (Fsp3) is 0.533. The smallest absolute Gasteiger partial charge is 0.176 e. The minimum absolute atomic E-state index is 0.220. The first-order valence-electron chi connectivity index (χ1n) is 6.59. The average molecular weight is 310 g/mol. The zero-order valence-corrected chi connectivity index (χ0v) is 12.6. The number of nitrogens with zero attached hydrogens (tertiary/aromatic N) is 1. The van der Waals surface area contributed by atoms with Gasteiger partial charge < -0.3 is 0 Å². The zero-order valence-electron chi connectivity index (χ0n) is 11.0. The summed E-state index contributed by atoms with van der Waals surface area (Å²) in [5.74, 6) is 1.01. The van der Waals surface area contributed by atoms with Gasteiger partial charge in [-0.1, -0.05) is 35.0 Å². The van der Waals surface area contributed by atoms with Crippen molar-refractivity contribution in [2.75, 3.05) is 13.1 Å². The molecule has 0 N–H and O–H groups in total. The Morgan fingerprint density at radius 1 is 1.44 bits per heavy atom. The highest BCUT2D eigenvalue weighted by Crippen LogP contribution is 2.22. The Balaban J connectivity index is 1.99. The summed E-state index contributed by atoms with van der Waals surface area (Å²) in [6.07, 6.45) is 2.40. The lowest BCUT2D eigenvalue weighted by Gasteiger charge is -2.35. The SMILES string of the molecule is CC1CCN(CC(=O)c2cccc(Br)c2)C(C)C1. The molecule has 2 unspecified atom stereocenters. The lowest BCUT2D eigenvalue weighted by molar-refractivity contribution is 0.0816. The lowest BCUT2D eigenvalue weighted by Crippen LogP contribution is -2.43. The van der Waals surface area contributed by atoms with Crippen LogP contribution in [0.3, 0.4) is 0 Å². The predicted octanol–water partition coefficient (Wildman–Crippen LogP) is 3.75. The second kappa shape index (κ2) is 5.98. The number of carbonyl (C=O) groups excluding carboxylic acids is 1. The highest BCUT2D eigenvalue weighted by atomic mass is 79.9. The van der Waals surface area contributed by atoms with Gasteiger partial charge in [0.1, 0.15) is 0 Å². The second-order valence-corrected chi connectivity index (χ2v) is 6.30. The van der Waals surface area contributed by atoms with Crippen LogP contribution in [0.1, 0.15) is 37.0 Å². The van der Waals surface area contributed by atoms with E-state index in [4.69, 9.17) is 0 Å². The van der Waals surface area contributed by atoms with Crippen molar-refractivity contribution in [2.24, 2.45) is 5.92 Å². The van der Waals surface area contributed by atoms with E-state index in [9.17, 15) is 4.79 Å². The molecule has 2 nitrogen and oxygen atoms in total. The van der Waals surface area contributed by atoms with Crippen molar-refractivity contribution in [1.29, 1.82) is 0 Å². The van der Waals surface area contributed by atoms with Crippen molar-refractivity contribution in [3.8, 4) is 0 Å². The van der Waals surface area contributed by atoms with Gasteiger partial charge in [0.05, 0.1) is 6.54 Å². The molecule has 2 atom stereocenters. The number of piperidine rings is 1. The Hall–Kier alpha value is -0.670. The van der Waals surface area contributed by atoms with Crippen molar-refractivity contribution >= 4 is 21.7 Å². The van der Waals surface area contributed by atoms with Crippen LogP contribution in [-0.4, -0.2) is 29.8 Å². The van der Waals surface area contributed by atoms with E-state index in [1.165, 1.54) is 12.8 Å². The molecule has 1 saturated heterocycles. The van der Waals surface area contributed by atoms with Crippen LogP contribution < -0.4 is 0 Å². The number of halogens is 1. The second-order valence-electron chi connectivity index (χ2n) is 5.38. The molecule has 0 aliphatic carbocycles. The molecule has 98 valence electrons. The van der Waals surface area contributed by atoms with Gasteiger partial charge in [0.2, 0.25) is 0 Å². The summed E-state index contributed by atoms with van der Waals surface area (Å²) < 4.78 is 0.966. The molecule has 3 heteroatoms. The standard InChI is InChI=1S/C15H20BrNO/c1-11-6-7-17(12(2)8-11)10-15(18)13-4-3-5-14(16)9-13/h3-5,9,11-12H,6-8,10H2,1-2H3. The first-order valence-corrected chi connectivity index (χ1v) is 7.38. The van der Waals surface area contributed by atoms with Gasteiger partial charge in [0.25, 0.3) is 0 Å². The van der Waals surface area contributed by atoms with Gasteiger partial charge in [0.15, 0.2) is 5.78 Å². The van der Waals surface area contributed by atoms with Crippen molar-refractivity contribution < 1.29 is 4.79 Å². The first kappa shape index (κ1) is 13.8. The highest BCUT2D eigenvalue weighted by Gasteiger charge is 2.24. The maximum atomic E-state index is 12.2. The van der Waals surface area contributed by atoms with E-state index in [1.807, 2.05) is 24.3 Å². The van der Waals surface area contributed by atoms with E-state index in [1.54, 1.807) is 0 Å². The molecular formula is C15H20BrNO. The number of benzene rings is 1. The summed E-state index contributed by atoms with van der Waals surface area (Å²) in [6.45, 7) is 6.11. The van der Waals surface area contributed by atoms with Gasteiger partial charge in [-0.05, 0) is 44.4 Å². The fourth-order valence-corrected chi connectivity index (χ4v) is 3.03. The van der Waals surface area contributed by atoms with Crippen LogP contribution in [0, 0.1) is 5.92 Å². The van der Waals surface area contributed by atoms with Crippen LogP contribution >= 0.6 is 15.9 Å². The fourth-order valence-electron chi connectivity index (χ4n) is 2.63. The normalized spacial score (nSPS) is 25.1. The third-order valence-electron chi connectivity index (χ3n) is 3.77. The molecule has 1 aromatic rings. The molecule has 0 bridgehead atoms. The quantitative estimate of drug-likeness (QED) is 0.793. The topological polar surface area (TPSA) is 20.3 Å². The Morgan fingerprint density at radius 2 is 2.22 bits per heavy atom. The Labute approximate surface area is 117 Å². The molecule has 1 heterocycles. The largest absolute Gasteiger partial charge is 0.293 e. The van der Waals surface area contributed by atoms with Crippen LogP contribution in [0.5, 0.6) is 0 Å². The molecule has 1 aliphatic rings. The molecule has 0 spiro atoms. The third kappa shape index (κ3) is 3.42. The van der Waals surface area contributed by atoms with E-state index >= 15 is 0 Å². The molecule has 1 fully saturated rings. The Kier molecular flexibility index (Phi) is 4.57. The minimum atomic E-state index is 0.220. The highest BCUT2D eigenvalue weighted by molar-refractivity contribution is 9.10. The summed E-state index contributed by atoms with van der Waals surface area (Å²) in [5.41, 5.74) is 0.801. The van der Waals surface area contributed by atoms with Crippen molar-refractivity contribution in [3.05, 3.63) is 34.3 Å². The van der Waals surface area contributed by atoms with Crippen molar-refractivity contribution in [1.82, 2.24) is 4.90 Å². The van der Waals surface area contributed by atoms with Crippen LogP contribution in [0.2, 0.25) is 0 Å². The molecular weight excluding hydrogens is 290 g/mol. The molecule has 18 heavy (non-hydrogen) atoms. The van der Waals surface area contributed by atoms with E-state index in [-0.39, 0.29) is 5.78 Å². The number of hydrogen-bond donors (Lipinski definition) is 0. The Bertz CT molecular complexity index is 432. The number of ketones is 1. The Morgan fingerprint density at radius 3 is 2.89 bits per heavy atom. The third-order valence-corrected chi connectivity index (χ3v) is 4.26. The number of carbonyl (C=O) groups is 1. The molecule has 0 aromatic heterocycles. The van der Waals surface area contributed by atoms with Crippen molar-refractivity contribution in [2.45, 2.75) is 32.7 Å². The van der Waals surface area contributed by atoms with Crippen LogP contribution in [-0.2, 0) is 0 Å². The number of Topliss-reactive ketones (excluding diaryl/α,β-unsaturated/α-hetero) is 1. The van der Waals surface area contributed by atoms with E-state index in [0.29, 0.717) is 12.6 Å². The summed E-state index contributed by atoms with van der Waals surface area (Å²) in [6, 6.07) is 8.18. The van der Waals surface area contributed by atoms with Crippen LogP contribution in [0.4, 0.5) is 0 Å². The van der Waals surface area contributed by atoms with Gasteiger partial charge in [-0.2, -0.15) is 0 Å². The minimum Gasteiger partial charge on any atom is -0.293 e. The summed E-state index contributed by atoms with van der Waals surface area (Å²) >= 11 is 3.41. The van der Waals surface area contributed by atoms with Crippen molar-refractivity contribution in [3.63, 3.8) is 0 Å². The van der Waals surface area contributed by atoms with Crippen LogP contribution in [0.15, 0.2) is 28.7 Å². The number of likely N-dealkylation sites (tertiary alicyclic amines) is 1. The predicted molar refractivity (Wildman–Crippen MR) is 77.9 cm³/mol. The molecule has 1 aliphatic heterocycles.